The van der Waals surface area contributed by atoms with Crippen LogP contribution in [0.15, 0.2) is 59.9 Å². The second kappa shape index (κ2) is 12.9. The van der Waals surface area contributed by atoms with Crippen LogP contribution < -0.4 is 10.1 Å². The summed E-state index contributed by atoms with van der Waals surface area (Å²) in [5, 5.41) is 8.97. The number of nitrogens with zero attached hydrogens (tertiary/aromatic N) is 3. The predicted octanol–water partition coefficient (Wildman–Crippen LogP) is 6.18. The highest BCUT2D eigenvalue weighted by atomic mass is 16.5. The minimum absolute atomic E-state index is 0.305. The smallest absolute Gasteiger partial charge is 0.134 e. The number of nitrogens with one attached hydrogen (secondary N) is 1. The molecule has 4 rings (SSSR count). The van der Waals surface area contributed by atoms with Gasteiger partial charge in [0.05, 0.1) is 13.2 Å². The van der Waals surface area contributed by atoms with Gasteiger partial charge in [-0.3, -0.25) is 4.90 Å². The topological polar surface area (TPSA) is 66.8 Å². The summed E-state index contributed by atoms with van der Waals surface area (Å²) in [7, 11) is 0. The van der Waals surface area contributed by atoms with Gasteiger partial charge in [-0.2, -0.15) is 4.91 Å². The summed E-state index contributed by atoms with van der Waals surface area (Å²) in [6, 6.07) is 17.3. The standard InChI is InChI=1S/C25H30N4O2.C2H6/c1-19-3-6-21-9-13-26-25(24(21)17-19)28-22-10-14-29(15-11-22)18-20-4-7-23(8-5-20)31-16-2-12-27-30;1-2/h3-9,13,17,22H,2,10-12,14-16,18H2,1H3,(H,26,28);1-2H3. The maximum Gasteiger partial charge on any atom is 0.134 e. The summed E-state index contributed by atoms with van der Waals surface area (Å²) in [5.74, 6) is 1.84. The maximum absolute atomic E-state index is 10.1. The number of anilines is 1. The molecule has 0 aliphatic carbocycles. The molecule has 1 saturated heterocycles. The van der Waals surface area contributed by atoms with Crippen molar-refractivity contribution >= 4 is 16.6 Å². The molecule has 1 N–H and O–H groups in total. The van der Waals surface area contributed by atoms with Crippen LogP contribution in [0.3, 0.4) is 0 Å². The zero-order valence-electron chi connectivity index (χ0n) is 20.1. The Labute approximate surface area is 197 Å². The maximum atomic E-state index is 10.1. The predicted molar refractivity (Wildman–Crippen MR) is 137 cm³/mol. The van der Waals surface area contributed by atoms with Crippen molar-refractivity contribution in [1.82, 2.24) is 9.88 Å². The number of hydrogen-bond acceptors (Lipinski definition) is 6. The first kappa shape index (κ1) is 24.6. The minimum atomic E-state index is 0.305. The average Bonchev–Trinajstić information content (AvgIpc) is 2.86. The lowest BCUT2D eigenvalue weighted by molar-refractivity contribution is 0.211. The highest BCUT2D eigenvalue weighted by molar-refractivity contribution is 5.92. The fourth-order valence-corrected chi connectivity index (χ4v) is 4.09. The van der Waals surface area contributed by atoms with Gasteiger partial charge in [-0.15, -0.1) is 0 Å². The number of rotatable bonds is 9. The van der Waals surface area contributed by atoms with Crippen molar-refractivity contribution in [3.05, 3.63) is 70.8 Å². The Balaban J connectivity index is 0.00000149. The molecule has 1 aliphatic rings. The number of fused-ring (bicyclic) bond motifs is 1. The lowest BCUT2D eigenvalue weighted by Gasteiger charge is -2.32. The zero-order chi connectivity index (χ0) is 23.5. The van der Waals surface area contributed by atoms with Crippen LogP contribution in [0, 0.1) is 11.8 Å². The lowest BCUT2D eigenvalue weighted by Crippen LogP contribution is -2.38. The highest BCUT2D eigenvalue weighted by Gasteiger charge is 2.20. The molecule has 2 heterocycles. The third-order valence-corrected chi connectivity index (χ3v) is 5.84. The van der Waals surface area contributed by atoms with Crippen LogP contribution in [-0.2, 0) is 6.54 Å². The van der Waals surface area contributed by atoms with E-state index in [1.807, 2.05) is 32.2 Å². The van der Waals surface area contributed by atoms with Crippen molar-refractivity contribution in [2.24, 2.45) is 5.18 Å². The van der Waals surface area contributed by atoms with E-state index in [9.17, 15) is 4.91 Å². The third-order valence-electron chi connectivity index (χ3n) is 5.84. The molecule has 33 heavy (non-hydrogen) atoms. The van der Waals surface area contributed by atoms with E-state index >= 15 is 0 Å². The number of aryl methyl sites for hydroxylation is 1. The van der Waals surface area contributed by atoms with Crippen LogP contribution in [0.1, 0.15) is 44.2 Å². The van der Waals surface area contributed by atoms with Gasteiger partial charge in [0.25, 0.3) is 0 Å². The molecule has 0 saturated carbocycles. The van der Waals surface area contributed by atoms with Gasteiger partial charge in [0.1, 0.15) is 11.6 Å². The summed E-state index contributed by atoms with van der Waals surface area (Å²) in [6.07, 6.45) is 4.76. The van der Waals surface area contributed by atoms with Crippen molar-refractivity contribution in [2.45, 2.75) is 52.6 Å². The summed E-state index contributed by atoms with van der Waals surface area (Å²) in [6.45, 7) is 10.0. The molecule has 0 radical (unpaired) electrons. The van der Waals surface area contributed by atoms with Gasteiger partial charge >= 0.3 is 0 Å². The molecule has 0 bridgehead atoms. The molecule has 3 aromatic rings. The van der Waals surface area contributed by atoms with Gasteiger partial charge in [0.2, 0.25) is 0 Å². The van der Waals surface area contributed by atoms with Crippen LogP contribution in [0.2, 0.25) is 0 Å². The Morgan fingerprint density at radius 2 is 1.85 bits per heavy atom. The SMILES string of the molecule is CC.Cc1ccc2ccnc(NC3CCN(Cc4ccc(OCCCN=O)cc4)CC3)c2c1. The van der Waals surface area contributed by atoms with Crippen LogP contribution in [0.5, 0.6) is 5.75 Å². The molecular formula is C27H36N4O2. The Morgan fingerprint density at radius 1 is 1.09 bits per heavy atom. The molecule has 2 aromatic carbocycles. The van der Waals surface area contributed by atoms with Crippen molar-refractivity contribution < 1.29 is 4.74 Å². The molecule has 1 aliphatic heterocycles. The third kappa shape index (κ3) is 7.26. The number of piperidine rings is 1. The first-order chi connectivity index (χ1) is 16.2. The largest absolute Gasteiger partial charge is 0.494 e. The Kier molecular flexibility index (Phi) is 9.63. The molecule has 1 fully saturated rings. The summed E-state index contributed by atoms with van der Waals surface area (Å²) < 4.78 is 5.63. The fourth-order valence-electron chi connectivity index (χ4n) is 4.09. The van der Waals surface area contributed by atoms with Gasteiger partial charge < -0.3 is 10.1 Å². The van der Waals surface area contributed by atoms with E-state index in [0.29, 0.717) is 25.6 Å². The zero-order valence-corrected chi connectivity index (χ0v) is 20.1. The lowest BCUT2D eigenvalue weighted by atomic mass is 10.0. The molecule has 6 heteroatoms. The average molecular weight is 449 g/mol. The van der Waals surface area contributed by atoms with Gasteiger partial charge in [0, 0.05) is 43.7 Å². The van der Waals surface area contributed by atoms with Crippen molar-refractivity contribution in [2.75, 3.05) is 31.6 Å². The fraction of sp³-hybridized carbons (Fsp3) is 0.444. The monoisotopic (exact) mass is 448 g/mol. The van der Waals surface area contributed by atoms with E-state index in [0.717, 1.165) is 44.0 Å². The van der Waals surface area contributed by atoms with Crippen molar-refractivity contribution in [3.8, 4) is 5.75 Å². The molecule has 0 atom stereocenters. The second-order valence-corrected chi connectivity index (χ2v) is 8.28. The molecule has 0 spiro atoms. The highest BCUT2D eigenvalue weighted by Crippen LogP contribution is 2.25. The van der Waals surface area contributed by atoms with E-state index in [1.54, 1.807) is 0 Å². The number of ether oxygens (including phenoxy) is 1. The van der Waals surface area contributed by atoms with Crippen LogP contribution in [0.4, 0.5) is 5.82 Å². The molecular weight excluding hydrogens is 412 g/mol. The minimum Gasteiger partial charge on any atom is -0.494 e. The first-order valence-corrected chi connectivity index (χ1v) is 12.1. The van der Waals surface area contributed by atoms with Crippen LogP contribution >= 0.6 is 0 Å². The van der Waals surface area contributed by atoms with E-state index in [2.05, 4.69) is 63.7 Å². The van der Waals surface area contributed by atoms with Gasteiger partial charge in [0.15, 0.2) is 0 Å². The number of likely N-dealkylation sites (tertiary alicyclic amines) is 1. The number of nitroso groups, excluding NO2 is 1. The quantitative estimate of drug-likeness (QED) is 0.313. The van der Waals surface area contributed by atoms with Crippen LogP contribution in [0.25, 0.3) is 10.8 Å². The molecule has 176 valence electrons. The van der Waals surface area contributed by atoms with Gasteiger partial charge in [-0.1, -0.05) is 48.9 Å². The number of aromatic nitrogens is 1. The summed E-state index contributed by atoms with van der Waals surface area (Å²) in [5.41, 5.74) is 2.55. The second-order valence-electron chi connectivity index (χ2n) is 8.28. The summed E-state index contributed by atoms with van der Waals surface area (Å²) in [4.78, 5) is 17.2. The van der Waals surface area contributed by atoms with Crippen LogP contribution in [-0.4, -0.2) is 42.2 Å². The Bertz CT molecular complexity index is 999. The van der Waals surface area contributed by atoms with E-state index in [-0.39, 0.29) is 0 Å². The Hall–Kier alpha value is -2.99. The van der Waals surface area contributed by atoms with E-state index in [1.165, 1.54) is 21.9 Å². The number of pyridine rings is 1. The van der Waals surface area contributed by atoms with E-state index in [4.69, 9.17) is 4.74 Å². The summed E-state index contributed by atoms with van der Waals surface area (Å²) >= 11 is 0. The first-order valence-electron chi connectivity index (χ1n) is 12.1. The van der Waals surface area contributed by atoms with Gasteiger partial charge in [-0.25, -0.2) is 4.98 Å². The molecule has 1 aromatic heterocycles. The van der Waals surface area contributed by atoms with Crippen molar-refractivity contribution in [1.29, 1.82) is 0 Å². The number of benzene rings is 2. The Morgan fingerprint density at radius 3 is 2.58 bits per heavy atom. The molecule has 0 amide bonds. The molecule has 0 unspecified atom stereocenters. The van der Waals surface area contributed by atoms with Crippen molar-refractivity contribution in [3.63, 3.8) is 0 Å². The molecule has 6 nitrogen and oxygen atoms in total. The van der Waals surface area contributed by atoms with Gasteiger partial charge in [-0.05, 0) is 55.0 Å². The number of hydrogen-bond donors (Lipinski definition) is 1. The normalized spacial score (nSPS) is 14.4. The van der Waals surface area contributed by atoms with E-state index < -0.39 is 0 Å².